The molecule has 0 heterocycles. The molecular weight excluding hydrogens is 364 g/mol. The van der Waals surface area contributed by atoms with Gasteiger partial charge in [-0.25, -0.2) is 0 Å². The molecule has 0 unspecified atom stereocenters. The molecule has 2 saturated carbocycles. The van der Waals surface area contributed by atoms with Crippen LogP contribution in [0.5, 0.6) is 5.75 Å². The van der Waals surface area contributed by atoms with Crippen molar-refractivity contribution in [2.45, 2.75) is 117 Å². The summed E-state index contributed by atoms with van der Waals surface area (Å²) in [6, 6.07) is 8.93. The maximum Gasteiger partial charge on any atom is 0.119 e. The maximum absolute atomic E-state index is 5.85. The van der Waals surface area contributed by atoms with E-state index in [1.807, 2.05) is 0 Å². The van der Waals surface area contributed by atoms with Gasteiger partial charge in [-0.05, 0) is 86.3 Å². The second-order valence-corrected chi connectivity index (χ2v) is 10.4. The quantitative estimate of drug-likeness (QED) is 0.311. The zero-order valence-electron chi connectivity index (χ0n) is 20.0. The highest BCUT2D eigenvalue weighted by Gasteiger charge is 2.30. The predicted molar refractivity (Wildman–Crippen MR) is 130 cm³/mol. The Bertz CT molecular complexity index is 546. The van der Waals surface area contributed by atoms with E-state index in [4.69, 9.17) is 4.74 Å². The first-order valence-electron chi connectivity index (χ1n) is 13.5. The van der Waals surface area contributed by atoms with Crippen molar-refractivity contribution < 1.29 is 4.74 Å². The molecule has 0 saturated heterocycles. The van der Waals surface area contributed by atoms with Gasteiger partial charge in [-0.2, -0.15) is 0 Å². The molecule has 0 N–H and O–H groups in total. The van der Waals surface area contributed by atoms with E-state index in [-0.39, 0.29) is 0 Å². The fourth-order valence-corrected chi connectivity index (χ4v) is 6.05. The number of hydrogen-bond donors (Lipinski definition) is 0. The van der Waals surface area contributed by atoms with Crippen LogP contribution in [0, 0.1) is 23.7 Å². The number of ether oxygens (including phenoxy) is 1. The number of benzene rings is 1. The molecule has 3 rings (SSSR count). The van der Waals surface area contributed by atoms with E-state index in [1.165, 1.54) is 108 Å². The van der Waals surface area contributed by atoms with Crippen LogP contribution in [0.4, 0.5) is 0 Å². The lowest BCUT2D eigenvalue weighted by molar-refractivity contribution is 0.140. The second kappa shape index (κ2) is 13.4. The molecule has 0 atom stereocenters. The summed E-state index contributed by atoms with van der Waals surface area (Å²) in [5.74, 6) is 5.18. The van der Waals surface area contributed by atoms with Gasteiger partial charge in [0.2, 0.25) is 0 Å². The largest absolute Gasteiger partial charge is 0.494 e. The summed E-state index contributed by atoms with van der Waals surface area (Å²) in [6.45, 7) is 5.43. The Morgan fingerprint density at radius 3 is 1.80 bits per heavy atom. The Morgan fingerprint density at radius 2 is 1.23 bits per heavy atom. The second-order valence-electron chi connectivity index (χ2n) is 10.4. The van der Waals surface area contributed by atoms with Gasteiger partial charge in [-0.1, -0.05) is 83.8 Å². The average molecular weight is 413 g/mol. The lowest BCUT2D eigenvalue weighted by atomic mass is 9.68. The molecule has 170 valence electrons. The molecule has 1 heteroatoms. The third-order valence-electron chi connectivity index (χ3n) is 8.20. The molecule has 2 aliphatic carbocycles. The van der Waals surface area contributed by atoms with Crippen molar-refractivity contribution in [1.82, 2.24) is 0 Å². The summed E-state index contributed by atoms with van der Waals surface area (Å²) in [4.78, 5) is 0. The van der Waals surface area contributed by atoms with Crippen LogP contribution in [0.25, 0.3) is 0 Å². The average Bonchev–Trinajstić information content (AvgIpc) is 2.81. The lowest BCUT2D eigenvalue weighted by Gasteiger charge is -2.38. The van der Waals surface area contributed by atoms with Crippen molar-refractivity contribution in [3.63, 3.8) is 0 Å². The fourth-order valence-electron chi connectivity index (χ4n) is 6.05. The highest BCUT2D eigenvalue weighted by atomic mass is 16.5. The third kappa shape index (κ3) is 7.93. The smallest absolute Gasteiger partial charge is 0.119 e. The summed E-state index contributed by atoms with van der Waals surface area (Å²) in [5.41, 5.74) is 1.49. The van der Waals surface area contributed by atoms with Crippen molar-refractivity contribution >= 4 is 0 Å². The van der Waals surface area contributed by atoms with Crippen LogP contribution in [-0.2, 0) is 6.42 Å². The minimum Gasteiger partial charge on any atom is -0.494 e. The van der Waals surface area contributed by atoms with E-state index < -0.39 is 0 Å². The van der Waals surface area contributed by atoms with Gasteiger partial charge in [-0.3, -0.25) is 0 Å². The predicted octanol–water partition coefficient (Wildman–Crippen LogP) is 8.99. The molecule has 0 spiro atoms. The molecule has 0 amide bonds. The van der Waals surface area contributed by atoms with Gasteiger partial charge < -0.3 is 4.74 Å². The first-order chi connectivity index (χ1) is 14.8. The molecule has 0 aromatic heterocycles. The van der Waals surface area contributed by atoms with Crippen LogP contribution in [0.1, 0.15) is 116 Å². The minimum atomic E-state index is 0.858. The van der Waals surface area contributed by atoms with E-state index in [2.05, 4.69) is 38.1 Å². The summed E-state index contributed by atoms with van der Waals surface area (Å²) >= 11 is 0. The van der Waals surface area contributed by atoms with Crippen LogP contribution >= 0.6 is 0 Å². The summed E-state index contributed by atoms with van der Waals surface area (Å²) in [7, 11) is 0. The normalized spacial score (nSPS) is 27.1. The Kier molecular flexibility index (Phi) is 10.6. The van der Waals surface area contributed by atoms with Crippen LogP contribution in [-0.4, -0.2) is 6.61 Å². The van der Waals surface area contributed by atoms with Crippen LogP contribution < -0.4 is 4.74 Å². The number of hydrogen-bond acceptors (Lipinski definition) is 1. The summed E-state index contributed by atoms with van der Waals surface area (Å²) in [6.07, 6.45) is 22.8. The van der Waals surface area contributed by atoms with Crippen molar-refractivity contribution in [2.75, 3.05) is 6.61 Å². The van der Waals surface area contributed by atoms with Crippen molar-refractivity contribution in [3.8, 4) is 5.75 Å². The van der Waals surface area contributed by atoms with Crippen molar-refractivity contribution in [2.24, 2.45) is 23.7 Å². The summed E-state index contributed by atoms with van der Waals surface area (Å²) < 4.78 is 5.85. The van der Waals surface area contributed by atoms with Gasteiger partial charge in [0, 0.05) is 0 Å². The van der Waals surface area contributed by atoms with Gasteiger partial charge in [-0.15, -0.1) is 0 Å². The van der Waals surface area contributed by atoms with E-state index in [1.54, 1.807) is 0 Å². The van der Waals surface area contributed by atoms with E-state index in [0.29, 0.717) is 0 Å². The number of aryl methyl sites for hydroxylation is 1. The SMILES string of the molecule is CCCCCOc1ccc(CC[C@H]2CC[C@H]([C@H]3CC[C@H](CCCC)CC3)CC2)cc1. The van der Waals surface area contributed by atoms with Crippen molar-refractivity contribution in [3.05, 3.63) is 29.8 Å². The first-order valence-corrected chi connectivity index (χ1v) is 13.5. The molecule has 1 aromatic rings. The Balaban J connectivity index is 1.30. The van der Waals surface area contributed by atoms with Crippen LogP contribution in [0.15, 0.2) is 24.3 Å². The molecule has 2 fully saturated rings. The zero-order chi connectivity index (χ0) is 21.0. The highest BCUT2D eigenvalue weighted by molar-refractivity contribution is 5.27. The van der Waals surface area contributed by atoms with Gasteiger partial charge in [0.05, 0.1) is 6.61 Å². The maximum atomic E-state index is 5.85. The van der Waals surface area contributed by atoms with Crippen molar-refractivity contribution in [1.29, 1.82) is 0 Å². The topological polar surface area (TPSA) is 9.23 Å². The monoisotopic (exact) mass is 412 g/mol. The van der Waals surface area contributed by atoms with Gasteiger partial charge in [0.1, 0.15) is 5.75 Å². The summed E-state index contributed by atoms with van der Waals surface area (Å²) in [5, 5.41) is 0. The first kappa shape index (κ1) is 23.7. The van der Waals surface area contributed by atoms with Gasteiger partial charge >= 0.3 is 0 Å². The molecule has 1 aromatic carbocycles. The molecule has 2 aliphatic rings. The van der Waals surface area contributed by atoms with Crippen LogP contribution in [0.3, 0.4) is 0 Å². The zero-order valence-corrected chi connectivity index (χ0v) is 20.0. The van der Waals surface area contributed by atoms with E-state index in [0.717, 1.165) is 36.0 Å². The van der Waals surface area contributed by atoms with Crippen LogP contribution in [0.2, 0.25) is 0 Å². The molecule has 0 bridgehead atoms. The molecule has 0 aliphatic heterocycles. The Labute approximate surface area is 187 Å². The van der Waals surface area contributed by atoms with E-state index >= 15 is 0 Å². The third-order valence-corrected chi connectivity index (χ3v) is 8.20. The fraction of sp³-hybridized carbons (Fsp3) is 0.793. The molecular formula is C29H48O. The molecule has 30 heavy (non-hydrogen) atoms. The van der Waals surface area contributed by atoms with Gasteiger partial charge in [0.15, 0.2) is 0 Å². The Morgan fingerprint density at radius 1 is 0.667 bits per heavy atom. The van der Waals surface area contributed by atoms with E-state index in [9.17, 15) is 0 Å². The van der Waals surface area contributed by atoms with Gasteiger partial charge in [0.25, 0.3) is 0 Å². The lowest BCUT2D eigenvalue weighted by Crippen LogP contribution is -2.26. The standard InChI is InChI=1S/C29H48O/c1-3-5-7-23-30-29-21-15-26(16-22-29)10-9-25-13-19-28(20-14-25)27-17-11-24(12-18-27)8-6-4-2/h15-16,21-22,24-25,27-28H,3-14,17-20,23H2,1-2H3/t24-,25-,27-,28-. The highest BCUT2D eigenvalue weighted by Crippen LogP contribution is 2.43. The molecule has 0 radical (unpaired) electrons. The number of unbranched alkanes of at least 4 members (excludes halogenated alkanes) is 3. The number of rotatable bonds is 12. The molecule has 1 nitrogen and oxygen atoms in total. The minimum absolute atomic E-state index is 0.858. The Hall–Kier alpha value is -0.980.